The molecule has 0 saturated carbocycles. The fourth-order valence-corrected chi connectivity index (χ4v) is 3.69. The Balaban J connectivity index is 1.40. The molecule has 1 aromatic carbocycles. The molecule has 4 N–H and O–H groups in total. The molecule has 0 bridgehead atoms. The summed E-state index contributed by atoms with van der Waals surface area (Å²) >= 11 is 0. The maximum absolute atomic E-state index is 12.7. The van der Waals surface area contributed by atoms with E-state index in [0.717, 1.165) is 12.1 Å². The number of carbonyl (C=O) groups is 2. The fourth-order valence-electron chi connectivity index (χ4n) is 3.69. The van der Waals surface area contributed by atoms with Gasteiger partial charge in [0.05, 0.1) is 30.7 Å². The number of carbonyl (C=O) groups excluding carboxylic acids is 2. The first-order valence-electron chi connectivity index (χ1n) is 10.9. The Morgan fingerprint density at radius 1 is 1.12 bits per heavy atom. The van der Waals surface area contributed by atoms with Crippen LogP contribution in [0.15, 0.2) is 48.7 Å². The Morgan fingerprint density at radius 2 is 1.88 bits per heavy atom. The Kier molecular flexibility index (Phi) is 8.83. The predicted octanol–water partition coefficient (Wildman–Crippen LogP) is 2.88. The lowest BCUT2D eigenvalue weighted by Crippen LogP contribution is -2.52. The molecule has 8 nitrogen and oxygen atoms in total. The third-order valence-electron chi connectivity index (χ3n) is 5.44. The number of aliphatic hydroxyl groups is 1. The Bertz CT molecular complexity index is 941. The lowest BCUT2D eigenvalue weighted by atomic mass is 9.97. The molecule has 3 amide bonds. The topological polar surface area (TPSA) is 113 Å². The summed E-state index contributed by atoms with van der Waals surface area (Å²) in [5.74, 6) is -0.146. The van der Waals surface area contributed by atoms with Crippen molar-refractivity contribution < 1.29 is 32.6 Å². The molecular formula is C23H27F3N4O4. The number of aliphatic hydroxyl groups excluding tert-OH is 1. The van der Waals surface area contributed by atoms with E-state index in [9.17, 15) is 27.9 Å². The van der Waals surface area contributed by atoms with Crippen molar-refractivity contribution in [3.05, 3.63) is 59.9 Å². The van der Waals surface area contributed by atoms with Crippen LogP contribution in [-0.4, -0.2) is 53.4 Å². The van der Waals surface area contributed by atoms with E-state index in [1.807, 2.05) is 6.07 Å². The number of hydrogen-bond donors (Lipinski definition) is 4. The molecule has 0 aliphatic carbocycles. The quantitative estimate of drug-likeness (QED) is 0.464. The highest BCUT2D eigenvalue weighted by Crippen LogP contribution is 2.29. The molecule has 3 atom stereocenters. The van der Waals surface area contributed by atoms with Crippen molar-refractivity contribution in [3.63, 3.8) is 0 Å². The molecule has 1 aliphatic heterocycles. The van der Waals surface area contributed by atoms with E-state index in [4.69, 9.17) is 4.74 Å². The number of aromatic nitrogens is 1. The van der Waals surface area contributed by atoms with Crippen molar-refractivity contribution in [1.82, 2.24) is 15.6 Å². The van der Waals surface area contributed by atoms with E-state index < -0.39 is 29.9 Å². The number of alkyl halides is 3. The van der Waals surface area contributed by atoms with Crippen LogP contribution < -0.4 is 16.0 Å². The van der Waals surface area contributed by atoms with Crippen LogP contribution in [0, 0.1) is 0 Å². The molecule has 11 heteroatoms. The number of halogens is 3. The van der Waals surface area contributed by atoms with Crippen molar-refractivity contribution in [2.45, 2.75) is 50.1 Å². The number of anilines is 1. The van der Waals surface area contributed by atoms with E-state index >= 15 is 0 Å². The Morgan fingerprint density at radius 3 is 2.53 bits per heavy atom. The average molecular weight is 480 g/mol. The number of pyridine rings is 1. The number of nitrogens with one attached hydrogen (secondary N) is 3. The van der Waals surface area contributed by atoms with Gasteiger partial charge in [0.1, 0.15) is 6.10 Å². The first-order valence-corrected chi connectivity index (χ1v) is 10.9. The molecule has 34 heavy (non-hydrogen) atoms. The minimum atomic E-state index is -4.45. The van der Waals surface area contributed by atoms with Crippen LogP contribution in [0.25, 0.3) is 0 Å². The van der Waals surface area contributed by atoms with Crippen molar-refractivity contribution in [2.75, 3.05) is 18.5 Å². The summed E-state index contributed by atoms with van der Waals surface area (Å²) in [6, 6.07) is 8.40. The van der Waals surface area contributed by atoms with Gasteiger partial charge in [0.25, 0.3) is 0 Å². The minimum absolute atomic E-state index is 0.146. The van der Waals surface area contributed by atoms with Gasteiger partial charge in [-0.3, -0.25) is 9.78 Å². The molecule has 1 aliphatic rings. The van der Waals surface area contributed by atoms with E-state index in [1.165, 1.54) is 12.1 Å². The van der Waals surface area contributed by atoms with Crippen LogP contribution >= 0.6 is 0 Å². The lowest BCUT2D eigenvalue weighted by Gasteiger charge is -2.36. The van der Waals surface area contributed by atoms with Crippen LogP contribution in [-0.2, 0) is 22.1 Å². The molecule has 3 rings (SSSR count). The summed E-state index contributed by atoms with van der Waals surface area (Å²) < 4.78 is 43.8. The summed E-state index contributed by atoms with van der Waals surface area (Å²) in [5, 5.41) is 17.7. The third kappa shape index (κ3) is 7.70. The molecule has 1 aromatic heterocycles. The zero-order valence-electron chi connectivity index (χ0n) is 18.3. The largest absolute Gasteiger partial charge is 0.416 e. The molecule has 0 unspecified atom stereocenters. The molecule has 1 fully saturated rings. The molecule has 0 spiro atoms. The molecule has 2 heterocycles. The van der Waals surface area contributed by atoms with E-state index in [-0.39, 0.29) is 30.7 Å². The molecular weight excluding hydrogens is 453 g/mol. The van der Waals surface area contributed by atoms with Gasteiger partial charge in [-0.2, -0.15) is 13.2 Å². The Labute approximate surface area is 194 Å². The van der Waals surface area contributed by atoms with Crippen LogP contribution in [0.3, 0.4) is 0 Å². The van der Waals surface area contributed by atoms with Gasteiger partial charge >= 0.3 is 12.2 Å². The van der Waals surface area contributed by atoms with Gasteiger partial charge in [0.15, 0.2) is 0 Å². The first kappa shape index (κ1) is 25.4. The number of ether oxygens (including phenoxy) is 1. The van der Waals surface area contributed by atoms with Crippen molar-refractivity contribution in [3.8, 4) is 0 Å². The number of hydrogen-bond acceptors (Lipinski definition) is 5. The SMILES string of the molecule is O=C(Cc1ccccn1)NCC[C@@H]1CC[C@H](NC(=O)Nc2ccc(C(F)(F)F)cc2)[C@H](CO)O1. The first-order chi connectivity index (χ1) is 16.2. The number of urea groups is 1. The fraction of sp³-hybridized carbons (Fsp3) is 0.435. The number of benzene rings is 1. The Hall–Kier alpha value is -3.18. The molecule has 184 valence electrons. The zero-order valence-corrected chi connectivity index (χ0v) is 18.3. The van der Waals surface area contributed by atoms with Gasteiger partial charge in [0.2, 0.25) is 5.91 Å². The summed E-state index contributed by atoms with van der Waals surface area (Å²) in [7, 11) is 0. The average Bonchev–Trinajstić information content (AvgIpc) is 2.80. The highest BCUT2D eigenvalue weighted by atomic mass is 19.4. The second-order valence-electron chi connectivity index (χ2n) is 7.97. The summed E-state index contributed by atoms with van der Waals surface area (Å²) in [6.07, 6.45) is -1.77. The number of amides is 3. The van der Waals surface area contributed by atoms with Gasteiger partial charge in [-0.05, 0) is 55.7 Å². The second kappa shape index (κ2) is 11.8. The van der Waals surface area contributed by atoms with Crippen molar-refractivity contribution in [1.29, 1.82) is 0 Å². The highest BCUT2D eigenvalue weighted by Gasteiger charge is 2.32. The van der Waals surface area contributed by atoms with Gasteiger partial charge in [0, 0.05) is 24.1 Å². The van der Waals surface area contributed by atoms with Crippen LogP contribution in [0.5, 0.6) is 0 Å². The van der Waals surface area contributed by atoms with E-state index in [2.05, 4.69) is 20.9 Å². The van der Waals surface area contributed by atoms with Gasteiger partial charge < -0.3 is 25.8 Å². The smallest absolute Gasteiger partial charge is 0.394 e. The second-order valence-corrected chi connectivity index (χ2v) is 7.97. The summed E-state index contributed by atoms with van der Waals surface area (Å²) in [6.45, 7) is 0.0920. The molecule has 1 saturated heterocycles. The number of nitrogens with zero attached hydrogens (tertiary/aromatic N) is 1. The normalized spacial score (nSPS) is 20.4. The monoisotopic (exact) mass is 480 g/mol. The maximum atomic E-state index is 12.7. The number of rotatable bonds is 8. The van der Waals surface area contributed by atoms with Crippen LogP contribution in [0.4, 0.5) is 23.7 Å². The van der Waals surface area contributed by atoms with Gasteiger partial charge in [-0.15, -0.1) is 0 Å². The van der Waals surface area contributed by atoms with Crippen molar-refractivity contribution >= 4 is 17.6 Å². The van der Waals surface area contributed by atoms with E-state index in [0.29, 0.717) is 31.5 Å². The molecule has 0 radical (unpaired) electrons. The molecule has 2 aromatic rings. The maximum Gasteiger partial charge on any atom is 0.416 e. The highest BCUT2D eigenvalue weighted by molar-refractivity contribution is 5.89. The van der Waals surface area contributed by atoms with Gasteiger partial charge in [-0.25, -0.2) is 4.79 Å². The zero-order chi connectivity index (χ0) is 24.6. The van der Waals surface area contributed by atoms with Gasteiger partial charge in [-0.1, -0.05) is 6.07 Å². The predicted molar refractivity (Wildman–Crippen MR) is 118 cm³/mol. The van der Waals surface area contributed by atoms with Crippen LogP contribution in [0.1, 0.15) is 30.5 Å². The lowest BCUT2D eigenvalue weighted by molar-refractivity contribution is -0.137. The standard InChI is InChI=1S/C23H27F3N4O4/c24-23(25,26)15-4-6-16(7-5-15)29-22(33)30-19-9-8-18(34-20(19)14-31)10-12-28-21(32)13-17-3-1-2-11-27-17/h1-7,11,18-20,31H,8-10,12-14H2,(H,28,32)(H2,29,30,33)/t18-,19-,20-/m0/s1. The van der Waals surface area contributed by atoms with Crippen molar-refractivity contribution in [2.24, 2.45) is 0 Å². The third-order valence-corrected chi connectivity index (χ3v) is 5.44. The van der Waals surface area contributed by atoms with E-state index in [1.54, 1.807) is 18.3 Å². The minimum Gasteiger partial charge on any atom is -0.394 e. The summed E-state index contributed by atoms with van der Waals surface area (Å²) in [5.41, 5.74) is 0.0818. The van der Waals surface area contributed by atoms with Crippen LogP contribution in [0.2, 0.25) is 0 Å². The summed E-state index contributed by atoms with van der Waals surface area (Å²) in [4.78, 5) is 28.4.